The summed E-state index contributed by atoms with van der Waals surface area (Å²) in [5.74, 6) is -0.328. The van der Waals surface area contributed by atoms with Gasteiger partial charge in [-0.3, -0.25) is 9.59 Å². The van der Waals surface area contributed by atoms with Gasteiger partial charge in [0, 0.05) is 19.0 Å². The van der Waals surface area contributed by atoms with Crippen LogP contribution >= 0.6 is 0 Å². The van der Waals surface area contributed by atoms with E-state index in [1.165, 1.54) is 0 Å². The Kier molecular flexibility index (Phi) is 6.86. The van der Waals surface area contributed by atoms with Crippen molar-refractivity contribution < 1.29 is 28.6 Å². The molecule has 0 saturated heterocycles. The zero-order chi connectivity index (χ0) is 24.2. The summed E-state index contributed by atoms with van der Waals surface area (Å²) in [5, 5.41) is 0.593. The number of carbonyl (C=O) groups is 3. The second kappa shape index (κ2) is 9.99. The molecular weight excluding hydrogens is 436 g/mol. The molecule has 0 radical (unpaired) electrons. The maximum absolute atomic E-state index is 12.6. The molecule has 178 valence electrons. The summed E-state index contributed by atoms with van der Waals surface area (Å²) in [6.07, 6.45) is 0.363. The van der Waals surface area contributed by atoms with E-state index in [1.54, 1.807) is 31.5 Å². The van der Waals surface area contributed by atoms with E-state index in [0.717, 1.165) is 16.8 Å². The Morgan fingerprint density at radius 2 is 1.85 bits per heavy atom. The highest BCUT2D eigenvalue weighted by Crippen LogP contribution is 2.40. The van der Waals surface area contributed by atoms with Gasteiger partial charge < -0.3 is 23.7 Å². The highest BCUT2D eigenvalue weighted by atomic mass is 16.5. The number of esters is 2. The lowest BCUT2D eigenvalue weighted by Crippen LogP contribution is -2.41. The number of carbonyl (C=O) groups excluding carboxylic acids is 3. The molecule has 0 amide bonds. The summed E-state index contributed by atoms with van der Waals surface area (Å²) in [6, 6.07) is 13.7. The van der Waals surface area contributed by atoms with Crippen molar-refractivity contribution >= 4 is 34.8 Å². The van der Waals surface area contributed by atoms with E-state index in [4.69, 9.17) is 14.2 Å². The average Bonchev–Trinajstić information content (AvgIpc) is 3.09. The summed E-state index contributed by atoms with van der Waals surface area (Å²) in [5.41, 5.74) is 3.11. The van der Waals surface area contributed by atoms with E-state index in [0.29, 0.717) is 37.1 Å². The fourth-order valence-corrected chi connectivity index (χ4v) is 4.41. The number of benzene rings is 2. The highest BCUT2D eigenvalue weighted by molar-refractivity contribution is 6.09. The second-order valence-corrected chi connectivity index (χ2v) is 8.11. The van der Waals surface area contributed by atoms with Gasteiger partial charge in [-0.25, -0.2) is 4.79 Å². The molecule has 2 aromatic carbocycles. The number of rotatable bonds is 8. The molecule has 4 rings (SSSR count). The lowest BCUT2D eigenvalue weighted by molar-refractivity contribution is -0.144. The van der Waals surface area contributed by atoms with Crippen molar-refractivity contribution in [3.63, 3.8) is 0 Å². The number of fused-ring (bicyclic) bond motifs is 2. The van der Waals surface area contributed by atoms with Gasteiger partial charge in [0.2, 0.25) is 0 Å². The van der Waals surface area contributed by atoms with Crippen LogP contribution in [0.1, 0.15) is 46.7 Å². The minimum absolute atomic E-state index is 0.111. The minimum atomic E-state index is -0.552. The van der Waals surface area contributed by atoms with Crippen LogP contribution in [-0.2, 0) is 27.9 Å². The molecule has 8 nitrogen and oxygen atoms in total. The van der Waals surface area contributed by atoms with E-state index in [1.807, 2.05) is 36.4 Å². The Bertz CT molecular complexity index is 1220. The number of aryl methyl sites for hydroxylation is 1. The standard InChI is InChI=1S/C26H28N2O6/c1-4-32-24(30)11-18-15-28(14-17-9-7-6-8-10-17)22-13-21-19(12-23(22)34-18)20(16-29)25(27(21)3)26(31)33-5-2/h6-10,12-13,16,18H,4-5,11,14-15H2,1-3H3. The number of hydrogen-bond acceptors (Lipinski definition) is 7. The molecule has 0 N–H and O–H groups in total. The molecule has 1 atom stereocenters. The molecule has 34 heavy (non-hydrogen) atoms. The smallest absolute Gasteiger partial charge is 0.355 e. The summed E-state index contributed by atoms with van der Waals surface area (Å²) < 4.78 is 18.2. The molecular formula is C26H28N2O6. The highest BCUT2D eigenvalue weighted by Gasteiger charge is 2.31. The number of aromatic nitrogens is 1. The first-order chi connectivity index (χ1) is 16.5. The van der Waals surface area contributed by atoms with E-state index < -0.39 is 12.1 Å². The Labute approximate surface area is 198 Å². The summed E-state index contributed by atoms with van der Waals surface area (Å²) in [4.78, 5) is 38.9. The number of nitrogens with zero attached hydrogens (tertiary/aromatic N) is 2. The SMILES string of the molecule is CCOC(=O)CC1CN(Cc2ccccc2)c2cc3c(cc2O1)c(C=O)c(C(=O)OCC)n3C. The van der Waals surface area contributed by atoms with Gasteiger partial charge in [0.1, 0.15) is 17.5 Å². The fourth-order valence-electron chi connectivity index (χ4n) is 4.41. The van der Waals surface area contributed by atoms with Crippen LogP contribution in [0.25, 0.3) is 10.9 Å². The summed E-state index contributed by atoms with van der Waals surface area (Å²) in [6.45, 7) is 5.10. The predicted octanol–water partition coefficient (Wildman–Crippen LogP) is 3.89. The van der Waals surface area contributed by atoms with E-state index >= 15 is 0 Å². The minimum Gasteiger partial charge on any atom is -0.486 e. The van der Waals surface area contributed by atoms with Crippen LogP contribution in [0.2, 0.25) is 0 Å². The van der Waals surface area contributed by atoms with Crippen molar-refractivity contribution in [2.24, 2.45) is 7.05 Å². The van der Waals surface area contributed by atoms with Gasteiger partial charge in [-0.15, -0.1) is 0 Å². The first kappa shape index (κ1) is 23.4. The third kappa shape index (κ3) is 4.48. The van der Waals surface area contributed by atoms with Crippen LogP contribution in [0, 0.1) is 0 Å². The number of aldehydes is 1. The van der Waals surface area contributed by atoms with Crippen molar-refractivity contribution in [3.05, 3.63) is 59.3 Å². The topological polar surface area (TPSA) is 87.1 Å². The maximum Gasteiger partial charge on any atom is 0.355 e. The normalized spacial score (nSPS) is 14.9. The monoisotopic (exact) mass is 464 g/mol. The molecule has 1 aliphatic rings. The third-order valence-corrected chi connectivity index (χ3v) is 5.88. The third-order valence-electron chi connectivity index (χ3n) is 5.88. The van der Waals surface area contributed by atoms with Gasteiger partial charge in [0.25, 0.3) is 0 Å². The molecule has 0 aliphatic carbocycles. The van der Waals surface area contributed by atoms with Crippen LogP contribution in [0.4, 0.5) is 5.69 Å². The van der Waals surface area contributed by atoms with Crippen molar-refractivity contribution in [2.75, 3.05) is 24.7 Å². The van der Waals surface area contributed by atoms with Crippen molar-refractivity contribution in [1.82, 2.24) is 4.57 Å². The first-order valence-electron chi connectivity index (χ1n) is 11.4. The Morgan fingerprint density at radius 1 is 1.12 bits per heavy atom. The van der Waals surface area contributed by atoms with Crippen molar-refractivity contribution in [1.29, 1.82) is 0 Å². The molecule has 1 aliphatic heterocycles. The van der Waals surface area contributed by atoms with Gasteiger partial charge in [-0.1, -0.05) is 30.3 Å². The average molecular weight is 465 g/mol. The lowest BCUT2D eigenvalue weighted by atomic mass is 10.1. The molecule has 1 aromatic heterocycles. The van der Waals surface area contributed by atoms with Crippen LogP contribution in [0.5, 0.6) is 5.75 Å². The first-order valence-corrected chi connectivity index (χ1v) is 11.4. The molecule has 0 fully saturated rings. The van der Waals surface area contributed by atoms with E-state index in [9.17, 15) is 14.4 Å². The van der Waals surface area contributed by atoms with Crippen molar-refractivity contribution in [2.45, 2.75) is 32.9 Å². The van der Waals surface area contributed by atoms with Crippen LogP contribution in [-0.4, -0.2) is 48.7 Å². The fraction of sp³-hybridized carbons (Fsp3) is 0.346. The molecule has 0 saturated carbocycles. The summed E-state index contributed by atoms with van der Waals surface area (Å²) >= 11 is 0. The Hall–Kier alpha value is -3.81. The molecule has 8 heteroatoms. The Morgan fingerprint density at radius 3 is 2.53 bits per heavy atom. The molecule has 0 spiro atoms. The number of hydrogen-bond donors (Lipinski definition) is 0. The number of ether oxygens (including phenoxy) is 3. The van der Waals surface area contributed by atoms with Gasteiger partial charge in [-0.2, -0.15) is 0 Å². The molecule has 2 heterocycles. The van der Waals surface area contributed by atoms with Crippen LogP contribution in [0.15, 0.2) is 42.5 Å². The molecule has 0 bridgehead atoms. The van der Waals surface area contributed by atoms with E-state index in [2.05, 4.69) is 4.90 Å². The second-order valence-electron chi connectivity index (χ2n) is 8.11. The maximum atomic E-state index is 12.6. The van der Waals surface area contributed by atoms with Gasteiger partial charge in [-0.05, 0) is 31.5 Å². The van der Waals surface area contributed by atoms with Gasteiger partial charge in [0.15, 0.2) is 6.29 Å². The molecule has 1 unspecified atom stereocenters. The van der Waals surface area contributed by atoms with Crippen LogP contribution in [0.3, 0.4) is 0 Å². The van der Waals surface area contributed by atoms with Crippen LogP contribution < -0.4 is 9.64 Å². The Balaban J connectivity index is 1.80. The predicted molar refractivity (Wildman–Crippen MR) is 127 cm³/mol. The number of anilines is 1. The van der Waals surface area contributed by atoms with Gasteiger partial charge >= 0.3 is 11.9 Å². The van der Waals surface area contributed by atoms with Gasteiger partial charge in [0.05, 0.1) is 42.9 Å². The summed E-state index contributed by atoms with van der Waals surface area (Å²) in [7, 11) is 1.74. The largest absolute Gasteiger partial charge is 0.486 e. The van der Waals surface area contributed by atoms with Crippen molar-refractivity contribution in [3.8, 4) is 5.75 Å². The quantitative estimate of drug-likeness (QED) is 0.369. The lowest BCUT2D eigenvalue weighted by Gasteiger charge is -2.36. The zero-order valence-corrected chi connectivity index (χ0v) is 19.6. The zero-order valence-electron chi connectivity index (χ0n) is 19.6. The van der Waals surface area contributed by atoms with E-state index in [-0.39, 0.29) is 30.3 Å². The molecule has 3 aromatic rings.